The minimum absolute atomic E-state index is 0.201. The molecule has 1 atom stereocenters. The lowest BCUT2D eigenvalue weighted by atomic mass is 10.1. The van der Waals surface area contributed by atoms with Crippen LogP contribution in [0.4, 0.5) is 10.5 Å². The third-order valence-corrected chi connectivity index (χ3v) is 4.83. The second-order valence-corrected chi connectivity index (χ2v) is 7.31. The summed E-state index contributed by atoms with van der Waals surface area (Å²) in [5.74, 6) is -0.338. The highest BCUT2D eigenvalue weighted by molar-refractivity contribution is 6.30. The molecule has 0 bridgehead atoms. The Morgan fingerprint density at radius 2 is 1.65 bits per heavy atom. The summed E-state index contributed by atoms with van der Waals surface area (Å²) in [5.41, 5.74) is 2.72. The van der Waals surface area contributed by atoms with E-state index < -0.39 is 12.1 Å². The third kappa shape index (κ3) is 5.21. The molecule has 2 heterocycles. The van der Waals surface area contributed by atoms with Crippen LogP contribution in [0.3, 0.4) is 0 Å². The van der Waals surface area contributed by atoms with E-state index in [9.17, 15) is 9.59 Å². The zero-order chi connectivity index (χ0) is 21.6. The van der Waals surface area contributed by atoms with Crippen molar-refractivity contribution >= 4 is 34.9 Å². The van der Waals surface area contributed by atoms with Gasteiger partial charge in [0, 0.05) is 18.1 Å². The molecule has 4 rings (SSSR count). The maximum absolute atomic E-state index is 12.9. The van der Waals surface area contributed by atoms with Gasteiger partial charge in [0.1, 0.15) is 11.7 Å². The number of nitrogens with zero attached hydrogens (tertiary/aromatic N) is 2. The number of halogens is 1. The number of urea groups is 1. The normalized spacial score (nSPS) is 11.6. The van der Waals surface area contributed by atoms with Gasteiger partial charge < -0.3 is 20.4 Å². The molecule has 7 nitrogen and oxygen atoms in total. The fraction of sp³-hybridized carbons (Fsp3) is 0.0870. The Labute approximate surface area is 184 Å². The highest BCUT2D eigenvalue weighted by atomic mass is 35.5. The van der Waals surface area contributed by atoms with Crippen molar-refractivity contribution in [3.63, 3.8) is 0 Å². The van der Waals surface area contributed by atoms with Gasteiger partial charge in [-0.25, -0.2) is 9.78 Å². The largest absolute Gasteiger partial charge is 0.332 e. The predicted octanol–water partition coefficient (Wildman–Crippen LogP) is 4.17. The first kappa shape index (κ1) is 20.4. The SMILES string of the molecule is O=C(NCc1cn2cc(Cl)ccc2n1)NC(C(=O)Nc1ccccc1)c1ccccc1. The zero-order valence-corrected chi connectivity index (χ0v) is 17.2. The molecule has 0 spiro atoms. The Balaban J connectivity index is 1.44. The number of hydrogen-bond acceptors (Lipinski definition) is 3. The number of rotatable bonds is 6. The van der Waals surface area contributed by atoms with Crippen molar-refractivity contribution in [3.8, 4) is 0 Å². The molecule has 0 aliphatic rings. The highest BCUT2D eigenvalue weighted by Gasteiger charge is 2.23. The van der Waals surface area contributed by atoms with Gasteiger partial charge in [-0.1, -0.05) is 60.1 Å². The number of nitrogens with one attached hydrogen (secondary N) is 3. The van der Waals surface area contributed by atoms with E-state index in [0.717, 1.165) is 5.65 Å². The highest BCUT2D eigenvalue weighted by Crippen LogP contribution is 2.16. The summed E-state index contributed by atoms with van der Waals surface area (Å²) >= 11 is 5.99. The van der Waals surface area contributed by atoms with Crippen molar-refractivity contribution in [1.29, 1.82) is 0 Å². The minimum Gasteiger partial charge on any atom is -0.332 e. The number of imidazole rings is 1. The smallest absolute Gasteiger partial charge is 0.316 e. The Morgan fingerprint density at radius 3 is 2.39 bits per heavy atom. The average Bonchev–Trinajstić information content (AvgIpc) is 3.19. The first-order valence-corrected chi connectivity index (χ1v) is 10.0. The second-order valence-electron chi connectivity index (χ2n) is 6.87. The number of hydrogen-bond donors (Lipinski definition) is 3. The van der Waals surface area contributed by atoms with Crippen LogP contribution in [0.25, 0.3) is 5.65 Å². The molecule has 31 heavy (non-hydrogen) atoms. The number of fused-ring (bicyclic) bond motifs is 1. The molecule has 0 radical (unpaired) electrons. The third-order valence-electron chi connectivity index (χ3n) is 4.61. The van der Waals surface area contributed by atoms with Crippen molar-refractivity contribution in [2.24, 2.45) is 0 Å². The Bertz CT molecular complexity index is 1190. The van der Waals surface area contributed by atoms with Gasteiger partial charge in [-0.15, -0.1) is 0 Å². The van der Waals surface area contributed by atoms with E-state index >= 15 is 0 Å². The number of anilines is 1. The number of amides is 3. The second kappa shape index (κ2) is 9.32. The summed E-state index contributed by atoms with van der Waals surface area (Å²) in [4.78, 5) is 29.9. The van der Waals surface area contributed by atoms with Gasteiger partial charge in [-0.3, -0.25) is 4.79 Å². The molecular weight excluding hydrogens is 414 g/mol. The van der Waals surface area contributed by atoms with Crippen LogP contribution in [0.2, 0.25) is 5.02 Å². The lowest BCUT2D eigenvalue weighted by Gasteiger charge is -2.19. The van der Waals surface area contributed by atoms with Crippen molar-refractivity contribution in [2.45, 2.75) is 12.6 Å². The average molecular weight is 434 g/mol. The van der Waals surface area contributed by atoms with Gasteiger partial charge in [0.2, 0.25) is 0 Å². The molecule has 0 fully saturated rings. The van der Waals surface area contributed by atoms with Gasteiger partial charge >= 0.3 is 6.03 Å². The van der Waals surface area contributed by atoms with E-state index in [1.807, 2.05) is 36.4 Å². The van der Waals surface area contributed by atoms with Gasteiger partial charge in [0.05, 0.1) is 17.3 Å². The number of benzene rings is 2. The quantitative estimate of drug-likeness (QED) is 0.426. The number of carbonyl (C=O) groups is 2. The van der Waals surface area contributed by atoms with Crippen LogP contribution in [-0.2, 0) is 11.3 Å². The fourth-order valence-electron chi connectivity index (χ4n) is 3.14. The molecule has 0 aliphatic heterocycles. The topological polar surface area (TPSA) is 87.5 Å². The van der Waals surface area contributed by atoms with Gasteiger partial charge in [-0.2, -0.15) is 0 Å². The molecule has 0 aliphatic carbocycles. The molecule has 4 aromatic rings. The van der Waals surface area contributed by atoms with Gasteiger partial charge in [0.15, 0.2) is 0 Å². The first-order valence-electron chi connectivity index (χ1n) is 9.67. The molecule has 0 saturated heterocycles. The number of carbonyl (C=O) groups excluding carboxylic acids is 2. The Morgan fingerprint density at radius 1 is 0.935 bits per heavy atom. The molecule has 3 amide bonds. The van der Waals surface area contributed by atoms with Crippen molar-refractivity contribution in [3.05, 3.63) is 101 Å². The summed E-state index contributed by atoms with van der Waals surface area (Å²) in [6.07, 6.45) is 3.53. The van der Waals surface area contributed by atoms with E-state index in [4.69, 9.17) is 11.6 Å². The van der Waals surface area contributed by atoms with Crippen LogP contribution < -0.4 is 16.0 Å². The van der Waals surface area contributed by atoms with Crippen molar-refractivity contribution < 1.29 is 9.59 Å². The van der Waals surface area contributed by atoms with Crippen molar-refractivity contribution in [1.82, 2.24) is 20.0 Å². The van der Waals surface area contributed by atoms with Crippen molar-refractivity contribution in [2.75, 3.05) is 5.32 Å². The zero-order valence-electron chi connectivity index (χ0n) is 16.5. The van der Waals surface area contributed by atoms with Crippen LogP contribution in [0.1, 0.15) is 17.3 Å². The monoisotopic (exact) mass is 433 g/mol. The minimum atomic E-state index is -0.860. The molecule has 0 saturated carbocycles. The lowest BCUT2D eigenvalue weighted by Crippen LogP contribution is -2.42. The van der Waals surface area contributed by atoms with E-state index in [-0.39, 0.29) is 12.5 Å². The fourth-order valence-corrected chi connectivity index (χ4v) is 3.31. The standard InChI is InChI=1S/C23H20ClN5O2/c24-17-11-12-20-26-19(15-29(20)14-17)13-25-23(31)28-21(16-7-3-1-4-8-16)22(30)27-18-9-5-2-6-10-18/h1-12,14-15,21H,13H2,(H,27,30)(H2,25,28,31). The van der Waals surface area contributed by atoms with E-state index in [2.05, 4.69) is 20.9 Å². The van der Waals surface area contributed by atoms with E-state index in [1.165, 1.54) is 0 Å². The maximum Gasteiger partial charge on any atom is 0.316 e. The Kier molecular flexibility index (Phi) is 6.14. The molecule has 3 N–H and O–H groups in total. The maximum atomic E-state index is 12.9. The van der Waals surface area contributed by atoms with Crippen LogP contribution in [0.15, 0.2) is 85.2 Å². The van der Waals surface area contributed by atoms with Crippen LogP contribution >= 0.6 is 11.6 Å². The van der Waals surface area contributed by atoms with E-state index in [0.29, 0.717) is 22.0 Å². The van der Waals surface area contributed by atoms with Gasteiger partial charge in [-0.05, 0) is 29.8 Å². The molecule has 2 aromatic carbocycles. The molecule has 8 heteroatoms. The summed E-state index contributed by atoms with van der Waals surface area (Å²) in [6.45, 7) is 0.201. The molecule has 156 valence electrons. The first-order chi connectivity index (χ1) is 15.1. The summed E-state index contributed by atoms with van der Waals surface area (Å²) in [7, 11) is 0. The summed E-state index contributed by atoms with van der Waals surface area (Å²) in [5, 5.41) is 8.93. The summed E-state index contributed by atoms with van der Waals surface area (Å²) in [6, 6.07) is 20.4. The molecule has 2 aromatic heterocycles. The van der Waals surface area contributed by atoms with Crippen LogP contribution in [0.5, 0.6) is 0 Å². The molecular formula is C23H20ClN5O2. The number of para-hydroxylation sites is 1. The van der Waals surface area contributed by atoms with Crippen LogP contribution in [-0.4, -0.2) is 21.3 Å². The van der Waals surface area contributed by atoms with Crippen LogP contribution in [0, 0.1) is 0 Å². The predicted molar refractivity (Wildman–Crippen MR) is 120 cm³/mol. The molecule has 1 unspecified atom stereocenters. The number of pyridine rings is 1. The summed E-state index contributed by atoms with van der Waals surface area (Å²) < 4.78 is 1.79. The number of aromatic nitrogens is 2. The Hall–Kier alpha value is -3.84. The lowest BCUT2D eigenvalue weighted by molar-refractivity contribution is -0.118. The van der Waals surface area contributed by atoms with Gasteiger partial charge in [0.25, 0.3) is 5.91 Å². The van der Waals surface area contributed by atoms with E-state index in [1.54, 1.807) is 53.2 Å².